The van der Waals surface area contributed by atoms with Gasteiger partial charge in [0.25, 0.3) is 0 Å². The third-order valence-corrected chi connectivity index (χ3v) is 2.29. The van der Waals surface area contributed by atoms with Crippen LogP contribution in [0.15, 0.2) is 30.3 Å². The van der Waals surface area contributed by atoms with Crippen molar-refractivity contribution < 1.29 is 8.78 Å². The van der Waals surface area contributed by atoms with Gasteiger partial charge in [-0.3, -0.25) is 0 Å². The monoisotopic (exact) mass is 207 g/mol. The number of halogens is 2. The largest absolute Gasteiger partial charge is 0.362 e. The van der Waals surface area contributed by atoms with Crippen LogP contribution in [0.5, 0.6) is 0 Å². The molecule has 1 nitrogen and oxygen atoms in total. The molecule has 15 heavy (non-hydrogen) atoms. The van der Waals surface area contributed by atoms with Crippen molar-refractivity contribution in [2.24, 2.45) is 0 Å². The maximum absolute atomic E-state index is 13.3. The third-order valence-electron chi connectivity index (χ3n) is 2.29. The molecule has 0 amide bonds. The molecule has 2 aromatic rings. The highest BCUT2D eigenvalue weighted by molar-refractivity contribution is 5.25. The van der Waals surface area contributed by atoms with Crippen LogP contribution in [-0.2, 0) is 6.42 Å². The summed E-state index contributed by atoms with van der Waals surface area (Å²) in [6.07, 6.45) is 0.458. The smallest absolute Gasteiger partial charge is 0.129 e. The van der Waals surface area contributed by atoms with Crippen LogP contribution in [0.4, 0.5) is 8.78 Å². The van der Waals surface area contributed by atoms with Crippen molar-refractivity contribution in [2.75, 3.05) is 0 Å². The van der Waals surface area contributed by atoms with Gasteiger partial charge in [0.1, 0.15) is 11.6 Å². The zero-order valence-electron chi connectivity index (χ0n) is 8.35. The fourth-order valence-corrected chi connectivity index (χ4v) is 1.54. The van der Waals surface area contributed by atoms with Gasteiger partial charge in [-0.05, 0) is 30.7 Å². The molecule has 0 fully saturated rings. The summed E-state index contributed by atoms with van der Waals surface area (Å²) in [6.45, 7) is 1.94. The van der Waals surface area contributed by atoms with Crippen molar-refractivity contribution in [1.29, 1.82) is 0 Å². The second-order valence-electron chi connectivity index (χ2n) is 3.58. The molecule has 1 aromatic carbocycles. The van der Waals surface area contributed by atoms with Gasteiger partial charge in [-0.2, -0.15) is 0 Å². The van der Waals surface area contributed by atoms with E-state index in [-0.39, 0.29) is 0 Å². The second kappa shape index (κ2) is 3.85. The number of hydrogen-bond donors (Lipinski definition) is 1. The maximum atomic E-state index is 13.3. The number of aromatic amines is 1. The van der Waals surface area contributed by atoms with E-state index in [2.05, 4.69) is 4.98 Å². The normalized spacial score (nSPS) is 10.6. The summed E-state index contributed by atoms with van der Waals surface area (Å²) < 4.78 is 25.9. The zero-order chi connectivity index (χ0) is 10.8. The van der Waals surface area contributed by atoms with Crippen molar-refractivity contribution in [1.82, 2.24) is 4.98 Å². The molecule has 0 spiro atoms. The molecule has 78 valence electrons. The summed E-state index contributed by atoms with van der Waals surface area (Å²) in [7, 11) is 0. The average Bonchev–Trinajstić information content (AvgIpc) is 2.56. The van der Waals surface area contributed by atoms with Gasteiger partial charge in [-0.1, -0.05) is 6.07 Å². The highest BCUT2D eigenvalue weighted by Gasteiger charge is 2.05. The Balaban J connectivity index is 2.24. The van der Waals surface area contributed by atoms with Gasteiger partial charge in [0.05, 0.1) is 0 Å². The molecule has 0 saturated heterocycles. The average molecular weight is 207 g/mol. The van der Waals surface area contributed by atoms with Crippen LogP contribution >= 0.6 is 0 Å². The molecule has 1 aromatic heterocycles. The summed E-state index contributed by atoms with van der Waals surface area (Å²) in [5.74, 6) is -1.04. The molecule has 0 radical (unpaired) electrons. The highest BCUT2D eigenvalue weighted by atomic mass is 19.1. The van der Waals surface area contributed by atoms with Crippen LogP contribution in [0, 0.1) is 18.6 Å². The summed E-state index contributed by atoms with van der Waals surface area (Å²) in [5, 5.41) is 0. The van der Waals surface area contributed by atoms with Crippen molar-refractivity contribution in [2.45, 2.75) is 13.3 Å². The van der Waals surface area contributed by atoms with E-state index < -0.39 is 11.6 Å². The summed E-state index contributed by atoms with van der Waals surface area (Å²) in [5.41, 5.74) is 2.46. The number of aryl methyl sites for hydroxylation is 1. The number of hydrogen-bond acceptors (Lipinski definition) is 0. The van der Waals surface area contributed by atoms with Crippen LogP contribution in [0.2, 0.25) is 0 Å². The van der Waals surface area contributed by atoms with Gasteiger partial charge < -0.3 is 4.98 Å². The fourth-order valence-electron chi connectivity index (χ4n) is 1.54. The van der Waals surface area contributed by atoms with E-state index >= 15 is 0 Å². The van der Waals surface area contributed by atoms with E-state index in [1.54, 1.807) is 0 Å². The number of benzene rings is 1. The number of rotatable bonds is 2. The summed E-state index contributed by atoms with van der Waals surface area (Å²) in [4.78, 5) is 3.11. The predicted molar refractivity (Wildman–Crippen MR) is 54.7 cm³/mol. The first-order valence-electron chi connectivity index (χ1n) is 4.73. The first-order valence-corrected chi connectivity index (χ1v) is 4.73. The van der Waals surface area contributed by atoms with E-state index in [0.717, 1.165) is 17.5 Å². The van der Waals surface area contributed by atoms with Gasteiger partial charge in [0.2, 0.25) is 0 Å². The van der Waals surface area contributed by atoms with Crippen molar-refractivity contribution in [3.05, 3.63) is 58.9 Å². The molecule has 3 heteroatoms. The highest BCUT2D eigenvalue weighted by Crippen LogP contribution is 2.14. The maximum Gasteiger partial charge on any atom is 0.129 e. The molecule has 1 N–H and O–H groups in total. The zero-order valence-corrected chi connectivity index (χ0v) is 8.35. The molecule has 0 aliphatic rings. The predicted octanol–water partition coefficient (Wildman–Crippen LogP) is 3.19. The molecule has 2 rings (SSSR count). The van der Waals surface area contributed by atoms with E-state index in [9.17, 15) is 8.78 Å². The Morgan fingerprint density at radius 1 is 1.13 bits per heavy atom. The Labute approximate surface area is 86.8 Å². The van der Waals surface area contributed by atoms with Crippen molar-refractivity contribution in [3.8, 4) is 0 Å². The summed E-state index contributed by atoms with van der Waals surface area (Å²) >= 11 is 0. The van der Waals surface area contributed by atoms with Crippen molar-refractivity contribution in [3.63, 3.8) is 0 Å². The van der Waals surface area contributed by atoms with Crippen LogP contribution in [0.3, 0.4) is 0 Å². The van der Waals surface area contributed by atoms with Gasteiger partial charge in [-0.25, -0.2) is 8.78 Å². The first kappa shape index (κ1) is 9.90. The number of aromatic nitrogens is 1. The van der Waals surface area contributed by atoms with Crippen molar-refractivity contribution >= 4 is 0 Å². The molecular formula is C12H11F2N. The molecule has 0 bridgehead atoms. The summed E-state index contributed by atoms with van der Waals surface area (Å²) in [6, 6.07) is 7.48. The molecule has 1 heterocycles. The van der Waals surface area contributed by atoms with Crippen LogP contribution in [0.1, 0.15) is 17.0 Å². The van der Waals surface area contributed by atoms with Gasteiger partial charge in [0, 0.05) is 23.9 Å². The van der Waals surface area contributed by atoms with E-state index in [1.165, 1.54) is 12.1 Å². The van der Waals surface area contributed by atoms with E-state index in [1.807, 2.05) is 19.1 Å². The molecule has 0 atom stereocenters. The lowest BCUT2D eigenvalue weighted by Crippen LogP contribution is -1.93. The Hall–Kier alpha value is -1.64. The van der Waals surface area contributed by atoms with Crippen LogP contribution in [0.25, 0.3) is 0 Å². The lowest BCUT2D eigenvalue weighted by molar-refractivity contribution is 0.574. The molecule has 0 aliphatic carbocycles. The Morgan fingerprint density at radius 3 is 2.53 bits per heavy atom. The quantitative estimate of drug-likeness (QED) is 0.778. The van der Waals surface area contributed by atoms with E-state index in [0.29, 0.717) is 12.0 Å². The minimum atomic E-state index is -0.543. The standard InChI is InChI=1S/C12H11F2N/c1-8-2-5-11(15-8)6-9-3-4-10(13)7-12(9)14/h2-5,7,15H,6H2,1H3. The number of nitrogens with one attached hydrogen (secondary N) is 1. The molecule has 0 saturated carbocycles. The van der Waals surface area contributed by atoms with Gasteiger partial charge in [-0.15, -0.1) is 0 Å². The third kappa shape index (κ3) is 2.24. The second-order valence-corrected chi connectivity index (χ2v) is 3.58. The molecule has 0 unspecified atom stereocenters. The Morgan fingerprint density at radius 2 is 1.93 bits per heavy atom. The molecular weight excluding hydrogens is 196 g/mol. The van der Waals surface area contributed by atoms with E-state index in [4.69, 9.17) is 0 Å². The molecule has 0 aliphatic heterocycles. The number of H-pyrrole nitrogens is 1. The fraction of sp³-hybridized carbons (Fsp3) is 0.167. The minimum Gasteiger partial charge on any atom is -0.362 e. The Bertz CT molecular complexity index is 474. The SMILES string of the molecule is Cc1ccc(Cc2ccc(F)cc2F)[nH]1. The van der Waals surface area contributed by atoms with Gasteiger partial charge >= 0.3 is 0 Å². The minimum absolute atomic E-state index is 0.458. The lowest BCUT2D eigenvalue weighted by atomic mass is 10.1. The topological polar surface area (TPSA) is 15.8 Å². The lowest BCUT2D eigenvalue weighted by Gasteiger charge is -2.01. The van der Waals surface area contributed by atoms with Gasteiger partial charge in [0.15, 0.2) is 0 Å². The Kier molecular flexibility index (Phi) is 2.54. The van der Waals surface area contributed by atoms with Crippen LogP contribution < -0.4 is 0 Å². The first-order chi connectivity index (χ1) is 7.15. The van der Waals surface area contributed by atoms with Crippen LogP contribution in [-0.4, -0.2) is 4.98 Å².